The molecular formula is C10H9BrN2O5. The third kappa shape index (κ3) is 2.70. The van der Waals surface area contributed by atoms with E-state index in [2.05, 4.69) is 15.9 Å². The van der Waals surface area contributed by atoms with Crippen LogP contribution in [-0.2, 0) is 4.79 Å². The molecule has 1 aromatic rings. The van der Waals surface area contributed by atoms with E-state index in [0.29, 0.717) is 0 Å². The summed E-state index contributed by atoms with van der Waals surface area (Å²) in [5, 5.41) is 21.7. The van der Waals surface area contributed by atoms with Crippen LogP contribution in [0.5, 0.6) is 0 Å². The molecule has 0 heterocycles. The molecule has 1 unspecified atom stereocenters. The fourth-order valence-electron chi connectivity index (χ4n) is 1.45. The van der Waals surface area contributed by atoms with Crippen LogP contribution >= 0.6 is 15.9 Å². The molecule has 1 rings (SSSR count). The molecule has 0 aromatic heterocycles. The van der Waals surface area contributed by atoms with Crippen LogP contribution in [0.15, 0.2) is 18.2 Å². The van der Waals surface area contributed by atoms with Crippen LogP contribution in [0.2, 0.25) is 0 Å². The van der Waals surface area contributed by atoms with Gasteiger partial charge in [-0.15, -0.1) is 0 Å². The fraction of sp³-hybridized carbons (Fsp3) is 0.300. The molecule has 0 amide bonds. The number of nitro groups is 2. The number of carbonyl (C=O) groups is 1. The van der Waals surface area contributed by atoms with E-state index in [1.165, 1.54) is 12.1 Å². The van der Waals surface area contributed by atoms with Gasteiger partial charge in [0.1, 0.15) is 4.83 Å². The van der Waals surface area contributed by atoms with E-state index in [1.807, 2.05) is 0 Å². The van der Waals surface area contributed by atoms with Crippen molar-refractivity contribution in [2.45, 2.75) is 18.2 Å². The summed E-state index contributed by atoms with van der Waals surface area (Å²) in [6.45, 7) is 1.61. The quantitative estimate of drug-likeness (QED) is 0.472. The Bertz CT molecular complexity index is 517. The number of benzene rings is 1. The highest BCUT2D eigenvalue weighted by Crippen LogP contribution is 2.38. The van der Waals surface area contributed by atoms with Gasteiger partial charge in [0, 0.05) is 12.5 Å². The molecule has 0 spiro atoms. The second-order valence-corrected chi connectivity index (χ2v) is 4.33. The van der Waals surface area contributed by atoms with Gasteiger partial charge in [-0.3, -0.25) is 25.0 Å². The maximum Gasteiger partial charge on any atom is 0.350 e. The Balaban J connectivity index is 3.45. The smallest absolute Gasteiger partial charge is 0.298 e. The molecule has 0 fully saturated rings. The van der Waals surface area contributed by atoms with Crippen LogP contribution in [0.3, 0.4) is 0 Å². The van der Waals surface area contributed by atoms with Crippen LogP contribution in [0.1, 0.15) is 23.7 Å². The largest absolute Gasteiger partial charge is 0.350 e. The molecule has 0 saturated heterocycles. The number of carbonyl (C=O) groups excluding carboxylic acids is 1. The molecule has 7 nitrogen and oxygen atoms in total. The van der Waals surface area contributed by atoms with Crippen LogP contribution < -0.4 is 0 Å². The Kier molecular flexibility index (Phi) is 4.49. The molecule has 0 aliphatic heterocycles. The molecular weight excluding hydrogens is 308 g/mol. The predicted molar refractivity (Wildman–Crippen MR) is 66.7 cm³/mol. The van der Waals surface area contributed by atoms with Gasteiger partial charge in [-0.25, -0.2) is 0 Å². The maximum absolute atomic E-state index is 11.5. The second kappa shape index (κ2) is 5.67. The Morgan fingerprint density at radius 2 is 1.94 bits per heavy atom. The number of hydrogen-bond donors (Lipinski definition) is 0. The number of para-hydroxylation sites is 1. The van der Waals surface area contributed by atoms with E-state index in [4.69, 9.17) is 0 Å². The molecule has 0 aliphatic rings. The highest BCUT2D eigenvalue weighted by atomic mass is 79.9. The number of ketones is 1. The van der Waals surface area contributed by atoms with E-state index in [9.17, 15) is 25.0 Å². The highest BCUT2D eigenvalue weighted by molar-refractivity contribution is 9.09. The number of halogens is 1. The fourth-order valence-corrected chi connectivity index (χ4v) is 2.15. The van der Waals surface area contributed by atoms with Crippen molar-refractivity contribution in [1.29, 1.82) is 0 Å². The minimum absolute atomic E-state index is 0.000972. The number of nitrogens with zero attached hydrogens (tertiary/aromatic N) is 2. The van der Waals surface area contributed by atoms with Gasteiger partial charge in [-0.2, -0.15) is 0 Å². The lowest BCUT2D eigenvalue weighted by atomic mass is 10.0. The summed E-state index contributed by atoms with van der Waals surface area (Å²) in [7, 11) is 0. The normalized spacial score (nSPS) is 11.9. The standard InChI is InChI=1S/C10H9BrN2O5/c1-2-8(14)9(11)6-4-3-5-7(12(15)16)10(6)13(17)18/h3-5,9H,2H2,1H3. The SMILES string of the molecule is CCC(=O)C(Br)c1cccc([N+](=O)[O-])c1[N+](=O)[O-]. The van der Waals surface area contributed by atoms with E-state index < -0.39 is 26.0 Å². The zero-order chi connectivity index (χ0) is 13.9. The van der Waals surface area contributed by atoms with Gasteiger partial charge in [-0.1, -0.05) is 35.0 Å². The summed E-state index contributed by atoms with van der Waals surface area (Å²) >= 11 is 3.04. The van der Waals surface area contributed by atoms with Gasteiger partial charge in [-0.05, 0) is 0 Å². The van der Waals surface area contributed by atoms with Crippen molar-refractivity contribution in [2.24, 2.45) is 0 Å². The highest BCUT2D eigenvalue weighted by Gasteiger charge is 2.32. The Hall–Kier alpha value is -1.83. The van der Waals surface area contributed by atoms with Crippen molar-refractivity contribution in [2.75, 3.05) is 0 Å². The van der Waals surface area contributed by atoms with E-state index in [0.717, 1.165) is 6.07 Å². The lowest BCUT2D eigenvalue weighted by molar-refractivity contribution is -0.422. The topological polar surface area (TPSA) is 103 Å². The molecule has 0 saturated carbocycles. The maximum atomic E-state index is 11.5. The first-order valence-corrected chi connectivity index (χ1v) is 5.90. The molecule has 0 N–H and O–H groups in total. The van der Waals surface area contributed by atoms with Crippen LogP contribution in [0.25, 0.3) is 0 Å². The average Bonchev–Trinajstić information content (AvgIpc) is 2.35. The molecule has 1 aromatic carbocycles. The monoisotopic (exact) mass is 316 g/mol. The number of hydrogen-bond acceptors (Lipinski definition) is 5. The van der Waals surface area contributed by atoms with Crippen LogP contribution in [0.4, 0.5) is 11.4 Å². The first-order valence-electron chi connectivity index (χ1n) is 4.98. The minimum Gasteiger partial charge on any atom is -0.298 e. The first-order chi connectivity index (χ1) is 8.40. The molecule has 8 heteroatoms. The summed E-state index contributed by atoms with van der Waals surface area (Å²) in [5.74, 6) is -0.279. The van der Waals surface area contributed by atoms with Gasteiger partial charge in [0.15, 0.2) is 5.78 Å². The van der Waals surface area contributed by atoms with Crippen molar-refractivity contribution in [3.63, 3.8) is 0 Å². The zero-order valence-electron chi connectivity index (χ0n) is 9.33. The summed E-state index contributed by atoms with van der Waals surface area (Å²) in [4.78, 5) is 30.6. The summed E-state index contributed by atoms with van der Waals surface area (Å²) in [6, 6.07) is 3.69. The Morgan fingerprint density at radius 1 is 1.33 bits per heavy atom. The van der Waals surface area contributed by atoms with Crippen molar-refractivity contribution in [3.8, 4) is 0 Å². The van der Waals surface area contributed by atoms with Crippen molar-refractivity contribution >= 4 is 33.1 Å². The van der Waals surface area contributed by atoms with Crippen molar-refractivity contribution in [3.05, 3.63) is 44.0 Å². The molecule has 0 aliphatic carbocycles. The third-order valence-electron chi connectivity index (χ3n) is 2.33. The average molecular weight is 317 g/mol. The summed E-state index contributed by atoms with van der Waals surface area (Å²) in [5.41, 5.74) is -1.27. The molecule has 96 valence electrons. The third-order valence-corrected chi connectivity index (χ3v) is 3.33. The van der Waals surface area contributed by atoms with Gasteiger partial charge in [0.2, 0.25) is 0 Å². The molecule has 1 atom stereocenters. The second-order valence-electron chi connectivity index (χ2n) is 3.41. The van der Waals surface area contributed by atoms with Gasteiger partial charge in [0.25, 0.3) is 0 Å². The van der Waals surface area contributed by atoms with Crippen LogP contribution in [-0.4, -0.2) is 15.6 Å². The summed E-state index contributed by atoms with van der Waals surface area (Å²) < 4.78 is 0. The first kappa shape index (κ1) is 14.2. The van der Waals surface area contributed by atoms with E-state index in [-0.39, 0.29) is 17.8 Å². The number of alkyl halides is 1. The minimum atomic E-state index is -0.914. The predicted octanol–water partition coefficient (Wildman–Crippen LogP) is 2.92. The lowest BCUT2D eigenvalue weighted by Crippen LogP contribution is -2.08. The van der Waals surface area contributed by atoms with E-state index >= 15 is 0 Å². The molecule has 0 radical (unpaired) electrons. The Labute approximate surface area is 110 Å². The van der Waals surface area contributed by atoms with Gasteiger partial charge < -0.3 is 0 Å². The Morgan fingerprint density at radius 3 is 2.39 bits per heavy atom. The van der Waals surface area contributed by atoms with Gasteiger partial charge in [0.05, 0.1) is 15.4 Å². The molecule has 18 heavy (non-hydrogen) atoms. The number of Topliss-reactive ketones (excluding diaryl/α,β-unsaturated/α-hetero) is 1. The van der Waals surface area contributed by atoms with Crippen molar-refractivity contribution in [1.82, 2.24) is 0 Å². The van der Waals surface area contributed by atoms with Gasteiger partial charge >= 0.3 is 11.4 Å². The molecule has 0 bridgehead atoms. The zero-order valence-corrected chi connectivity index (χ0v) is 10.9. The number of rotatable bonds is 5. The summed E-state index contributed by atoms with van der Waals surface area (Å²) in [6.07, 6.45) is 0.176. The van der Waals surface area contributed by atoms with Crippen LogP contribution in [0, 0.1) is 20.2 Å². The van der Waals surface area contributed by atoms with Crippen molar-refractivity contribution < 1.29 is 14.6 Å². The number of nitro benzene ring substituents is 2. The van der Waals surface area contributed by atoms with E-state index in [1.54, 1.807) is 6.92 Å². The lowest BCUT2D eigenvalue weighted by Gasteiger charge is -2.08.